The van der Waals surface area contributed by atoms with Gasteiger partial charge in [-0.3, -0.25) is 0 Å². The summed E-state index contributed by atoms with van der Waals surface area (Å²) in [5.74, 6) is -5.08. The Morgan fingerprint density at radius 3 is 0.920 bits per heavy atom. The smallest absolute Gasteiger partial charge is 0.262 e. The number of halogens is 2. The number of alkyl halides is 2. The van der Waals surface area contributed by atoms with Crippen LogP contribution in [0.25, 0.3) is 0 Å². The maximum Gasteiger partial charge on any atom is 0.262 e. The molecular weight excluding hydrogens is 351 g/mol. The van der Waals surface area contributed by atoms with Gasteiger partial charge in [-0.05, 0) is 41.5 Å². The van der Waals surface area contributed by atoms with Gasteiger partial charge < -0.3 is 28.8 Å². The number of hydrogen-bond donors (Lipinski definition) is 0. The fourth-order valence-electron chi connectivity index (χ4n) is 1.42. The van der Waals surface area contributed by atoms with Crippen molar-refractivity contribution >= 4 is 23.5 Å². The van der Waals surface area contributed by atoms with E-state index in [0.29, 0.717) is 0 Å². The molecule has 0 fully saturated rings. The van der Waals surface area contributed by atoms with Crippen LogP contribution in [0.1, 0.15) is 41.5 Å². The summed E-state index contributed by atoms with van der Waals surface area (Å²) in [6.45, 7) is 21.0. The van der Waals surface area contributed by atoms with E-state index >= 15 is 0 Å². The zero-order valence-electron chi connectivity index (χ0n) is 17.0. The van der Waals surface area contributed by atoms with Gasteiger partial charge in [0.05, 0.1) is 65.3 Å². The van der Waals surface area contributed by atoms with Crippen molar-refractivity contribution in [1.29, 1.82) is 0 Å². The summed E-state index contributed by atoms with van der Waals surface area (Å²) in [7, 11) is 4.58. The van der Waals surface area contributed by atoms with E-state index in [2.05, 4.69) is 67.2 Å². The minimum absolute atomic E-state index is 1.21. The Bertz CT molecular complexity index is 334. The highest BCUT2D eigenvalue weighted by Crippen LogP contribution is 2.13. The van der Waals surface area contributed by atoms with E-state index in [9.17, 15) is 24.2 Å². The monoisotopic (exact) mass is 386 g/mol. The second kappa shape index (κ2) is 13.3. The number of carboxylic acids is 2. The molecule has 0 saturated heterocycles. The first-order chi connectivity index (χ1) is 11.3. The summed E-state index contributed by atoms with van der Waals surface area (Å²) in [6.07, 6.45) is 0. The Labute approximate surface area is 157 Å². The summed E-state index contributed by atoms with van der Waals surface area (Å²) in [5, 5.41) is 14.9. The molecule has 0 rings (SSSR count). The van der Waals surface area contributed by atoms with Gasteiger partial charge in [0.15, 0.2) is 0 Å². The molecule has 0 aliphatic rings. The lowest BCUT2D eigenvalue weighted by Gasteiger charge is -2.30. The third-order valence-electron chi connectivity index (χ3n) is 5.09. The number of carbonyl (C=O) groups is 2. The molecule has 0 aliphatic heterocycles. The van der Waals surface area contributed by atoms with E-state index < -0.39 is 17.1 Å². The number of quaternary nitrogens is 2. The first kappa shape index (κ1) is 28.9. The first-order valence-corrected chi connectivity index (χ1v) is 9.11. The average Bonchev–Trinajstić information content (AvgIpc) is 2.61. The highest BCUT2D eigenvalue weighted by Gasteiger charge is 2.29. The van der Waals surface area contributed by atoms with Crippen molar-refractivity contribution in [3.8, 4) is 0 Å². The summed E-state index contributed by atoms with van der Waals surface area (Å²) in [4.78, 5) is 18.8. The number of carbonyl (C=O) groups excluding carboxylic acids is 2. The molecule has 25 heavy (non-hydrogen) atoms. The van der Waals surface area contributed by atoms with Crippen LogP contribution >= 0.6 is 11.6 Å². The fourth-order valence-corrected chi connectivity index (χ4v) is 1.42. The van der Waals surface area contributed by atoms with Gasteiger partial charge >= 0.3 is 0 Å². The highest BCUT2D eigenvalue weighted by atomic mass is 35.5. The summed E-state index contributed by atoms with van der Waals surface area (Å²) >= 11 is 4.22. The van der Waals surface area contributed by atoms with Crippen LogP contribution in [0.5, 0.6) is 0 Å². The van der Waals surface area contributed by atoms with Crippen LogP contribution in [0.4, 0.5) is 4.39 Å². The molecule has 0 aromatic heterocycles. The van der Waals surface area contributed by atoms with Gasteiger partial charge in [-0.1, -0.05) is 11.6 Å². The Morgan fingerprint density at radius 1 is 0.760 bits per heavy atom. The second-order valence-corrected chi connectivity index (χ2v) is 6.81. The molecule has 0 aliphatic carbocycles. The molecule has 0 saturated carbocycles. The van der Waals surface area contributed by atoms with Crippen molar-refractivity contribution < 1.29 is 33.2 Å². The van der Waals surface area contributed by atoms with Crippen LogP contribution in [-0.2, 0) is 9.59 Å². The second-order valence-electron chi connectivity index (χ2n) is 6.29. The maximum absolute atomic E-state index is 11.8. The Kier molecular flexibility index (Phi) is 15.4. The zero-order valence-corrected chi connectivity index (χ0v) is 17.8. The molecule has 0 aromatic rings. The molecule has 0 aromatic carbocycles. The van der Waals surface area contributed by atoms with Crippen molar-refractivity contribution in [3.05, 3.63) is 0 Å². The van der Waals surface area contributed by atoms with Gasteiger partial charge in [0, 0.05) is 0 Å². The van der Waals surface area contributed by atoms with Gasteiger partial charge in [-0.15, -0.1) is 0 Å². The van der Waals surface area contributed by atoms with Gasteiger partial charge in [-0.25, -0.2) is 4.39 Å². The third kappa shape index (κ3) is 12.1. The quantitative estimate of drug-likeness (QED) is 0.343. The fraction of sp³-hybridized carbons (Fsp3) is 0.882. The molecule has 152 valence electrons. The third-order valence-corrected chi connectivity index (χ3v) is 5.40. The van der Waals surface area contributed by atoms with E-state index in [1.807, 2.05) is 0 Å². The number of nitrogens with zero attached hydrogens (tertiary/aromatic N) is 2. The number of aliphatic carboxylic acids is 2. The molecular formula is C17H36ClFN2O4. The minimum atomic E-state index is -3.92. The Morgan fingerprint density at radius 2 is 0.920 bits per heavy atom. The topological polar surface area (TPSA) is 80.3 Å². The minimum Gasteiger partial charge on any atom is -0.545 e. The van der Waals surface area contributed by atoms with Crippen LogP contribution in [-0.4, -0.2) is 79.4 Å². The normalized spacial score (nSPS) is 11.6. The van der Waals surface area contributed by atoms with E-state index in [1.54, 1.807) is 0 Å². The molecule has 0 spiro atoms. The van der Waals surface area contributed by atoms with Crippen LogP contribution in [0.3, 0.4) is 0 Å². The standard InChI is InChI=1S/2C7H18N.C3H2ClFO4/c2*1-5-8(4,6-2)7-3;4-3(5,1(6)7)2(8)9/h2*5-7H2,1-4H3;(H,6,7)(H,8,9)/q2*+1;/p-2. The van der Waals surface area contributed by atoms with Crippen LogP contribution in [0.15, 0.2) is 0 Å². The average molecular weight is 387 g/mol. The summed E-state index contributed by atoms with van der Waals surface area (Å²) < 4.78 is 14.2. The van der Waals surface area contributed by atoms with Gasteiger partial charge in [-0.2, -0.15) is 0 Å². The molecule has 0 unspecified atom stereocenters. The van der Waals surface area contributed by atoms with E-state index in [0.717, 1.165) is 0 Å². The predicted octanol–water partition coefficient (Wildman–Crippen LogP) is 0.376. The van der Waals surface area contributed by atoms with Crippen LogP contribution < -0.4 is 10.2 Å². The zero-order chi connectivity index (χ0) is 20.9. The molecule has 0 bridgehead atoms. The lowest BCUT2D eigenvalue weighted by molar-refractivity contribution is -0.904. The number of rotatable bonds is 8. The van der Waals surface area contributed by atoms with E-state index in [-0.39, 0.29) is 0 Å². The lowest BCUT2D eigenvalue weighted by Crippen LogP contribution is -2.52. The number of carboxylic acid groups (broad SMARTS) is 2. The van der Waals surface area contributed by atoms with Gasteiger partial charge in [0.2, 0.25) is 0 Å². The predicted molar refractivity (Wildman–Crippen MR) is 95.3 cm³/mol. The van der Waals surface area contributed by atoms with E-state index in [1.165, 1.54) is 48.2 Å². The Balaban J connectivity index is -0.000000291. The van der Waals surface area contributed by atoms with Crippen LogP contribution in [0.2, 0.25) is 0 Å². The summed E-state index contributed by atoms with van der Waals surface area (Å²) in [5.41, 5.74) is 0. The maximum atomic E-state index is 11.8. The van der Waals surface area contributed by atoms with Crippen molar-refractivity contribution in [3.63, 3.8) is 0 Å². The SMILES string of the molecule is CC[N+](C)(CC)CC.CC[N+](C)(CC)CC.O=C([O-])C(F)(Cl)C(=O)[O-]. The van der Waals surface area contributed by atoms with Gasteiger partial charge in [0.25, 0.3) is 5.13 Å². The highest BCUT2D eigenvalue weighted by molar-refractivity contribution is 6.41. The molecule has 0 amide bonds. The van der Waals surface area contributed by atoms with Crippen molar-refractivity contribution in [1.82, 2.24) is 0 Å². The first-order valence-electron chi connectivity index (χ1n) is 8.73. The van der Waals surface area contributed by atoms with E-state index in [4.69, 9.17) is 0 Å². The molecule has 0 radical (unpaired) electrons. The molecule has 6 nitrogen and oxygen atoms in total. The van der Waals surface area contributed by atoms with Crippen molar-refractivity contribution in [2.24, 2.45) is 0 Å². The number of hydrogen-bond acceptors (Lipinski definition) is 4. The summed E-state index contributed by atoms with van der Waals surface area (Å²) in [6, 6.07) is 0. The Hall–Kier alpha value is -0.920. The molecule has 0 N–H and O–H groups in total. The molecule has 0 heterocycles. The lowest BCUT2D eigenvalue weighted by atomic mass is 10.4. The van der Waals surface area contributed by atoms with Crippen molar-refractivity contribution in [2.45, 2.75) is 46.7 Å². The largest absolute Gasteiger partial charge is 0.545 e. The van der Waals surface area contributed by atoms with Gasteiger partial charge in [0.1, 0.15) is 0 Å². The van der Waals surface area contributed by atoms with Crippen LogP contribution in [0, 0.1) is 0 Å². The molecule has 0 atom stereocenters. The molecule has 8 heteroatoms. The van der Waals surface area contributed by atoms with Crippen molar-refractivity contribution in [2.75, 3.05) is 53.4 Å².